The van der Waals surface area contributed by atoms with Crippen LogP contribution in [0, 0.1) is 0 Å². The van der Waals surface area contributed by atoms with Crippen LogP contribution in [0.3, 0.4) is 0 Å². The van der Waals surface area contributed by atoms with Gasteiger partial charge in [-0.2, -0.15) is 0 Å². The molecule has 0 saturated carbocycles. The van der Waals surface area contributed by atoms with Crippen LogP contribution < -0.4 is 10.2 Å². The highest BCUT2D eigenvalue weighted by Gasteiger charge is 2.12. The van der Waals surface area contributed by atoms with Crippen LogP contribution in [-0.2, 0) is 9.53 Å². The molecule has 1 heterocycles. The van der Waals surface area contributed by atoms with E-state index in [0.29, 0.717) is 27.3 Å². The standard InChI is InChI=1S/C21H19ClO5/c1-3-13(2)27-20(23)12-25-16-8-9-17-19(10-16)26-11-18(21(17)24)14-4-6-15(22)7-5-14/h4-11,13H,3,12H2,1-2H3/t13-/m0/s1. The molecule has 3 rings (SSSR count). The summed E-state index contributed by atoms with van der Waals surface area (Å²) < 4.78 is 16.2. The highest BCUT2D eigenvalue weighted by molar-refractivity contribution is 6.30. The van der Waals surface area contributed by atoms with Crippen molar-refractivity contribution in [2.75, 3.05) is 6.61 Å². The Morgan fingerprint density at radius 2 is 1.93 bits per heavy atom. The number of esters is 1. The van der Waals surface area contributed by atoms with Gasteiger partial charge in [0.25, 0.3) is 0 Å². The van der Waals surface area contributed by atoms with Gasteiger partial charge in [0.15, 0.2) is 12.0 Å². The fourth-order valence-electron chi connectivity index (χ4n) is 2.51. The van der Waals surface area contributed by atoms with Gasteiger partial charge in [0, 0.05) is 11.1 Å². The maximum Gasteiger partial charge on any atom is 0.344 e. The summed E-state index contributed by atoms with van der Waals surface area (Å²) in [5, 5.41) is 1.02. The summed E-state index contributed by atoms with van der Waals surface area (Å²) in [6, 6.07) is 11.8. The van der Waals surface area contributed by atoms with Crippen LogP contribution >= 0.6 is 11.6 Å². The molecule has 3 aromatic rings. The number of fused-ring (bicyclic) bond motifs is 1. The fraction of sp³-hybridized carbons (Fsp3) is 0.238. The van der Waals surface area contributed by atoms with Crippen LogP contribution in [0.5, 0.6) is 5.75 Å². The lowest BCUT2D eigenvalue weighted by atomic mass is 10.1. The average molecular weight is 387 g/mol. The molecule has 0 N–H and O–H groups in total. The molecule has 0 amide bonds. The highest BCUT2D eigenvalue weighted by atomic mass is 35.5. The first kappa shape index (κ1) is 19.0. The molecule has 0 aliphatic rings. The largest absolute Gasteiger partial charge is 0.482 e. The molecule has 0 saturated heterocycles. The second-order valence-corrected chi connectivity index (χ2v) is 6.58. The minimum atomic E-state index is -0.441. The maximum atomic E-state index is 12.7. The van der Waals surface area contributed by atoms with Crippen molar-refractivity contribution < 1.29 is 18.7 Å². The zero-order valence-electron chi connectivity index (χ0n) is 15.0. The molecular weight excluding hydrogens is 368 g/mol. The van der Waals surface area contributed by atoms with E-state index in [1.165, 1.54) is 6.26 Å². The number of ether oxygens (including phenoxy) is 2. The molecule has 0 bridgehead atoms. The summed E-state index contributed by atoms with van der Waals surface area (Å²) in [6.45, 7) is 3.55. The fourth-order valence-corrected chi connectivity index (χ4v) is 2.64. The van der Waals surface area contributed by atoms with Crippen molar-refractivity contribution in [3.63, 3.8) is 0 Å². The molecule has 0 fully saturated rings. The Hall–Kier alpha value is -2.79. The SMILES string of the molecule is CC[C@H](C)OC(=O)COc1ccc2c(=O)c(-c3ccc(Cl)cc3)coc2c1. The van der Waals surface area contributed by atoms with Crippen LogP contribution in [0.25, 0.3) is 22.1 Å². The van der Waals surface area contributed by atoms with Gasteiger partial charge < -0.3 is 13.9 Å². The number of halogens is 1. The molecule has 1 atom stereocenters. The monoisotopic (exact) mass is 386 g/mol. The van der Waals surface area contributed by atoms with Gasteiger partial charge in [-0.1, -0.05) is 30.7 Å². The Kier molecular flexibility index (Phi) is 5.81. The third kappa shape index (κ3) is 4.49. The van der Waals surface area contributed by atoms with E-state index in [0.717, 1.165) is 12.0 Å². The highest BCUT2D eigenvalue weighted by Crippen LogP contribution is 2.24. The zero-order valence-corrected chi connectivity index (χ0v) is 15.8. The molecule has 0 radical (unpaired) electrons. The molecule has 0 aliphatic heterocycles. The molecule has 6 heteroatoms. The van der Waals surface area contributed by atoms with Gasteiger partial charge in [-0.05, 0) is 43.2 Å². The van der Waals surface area contributed by atoms with Gasteiger partial charge in [0.05, 0.1) is 17.1 Å². The number of hydrogen-bond donors (Lipinski definition) is 0. The Balaban J connectivity index is 1.81. The normalized spacial score (nSPS) is 12.0. The van der Waals surface area contributed by atoms with Gasteiger partial charge in [0.1, 0.15) is 17.6 Å². The topological polar surface area (TPSA) is 65.7 Å². The van der Waals surface area contributed by atoms with E-state index in [1.807, 2.05) is 13.8 Å². The van der Waals surface area contributed by atoms with Gasteiger partial charge in [-0.3, -0.25) is 4.79 Å². The van der Waals surface area contributed by atoms with Crippen LogP contribution in [0.1, 0.15) is 20.3 Å². The second-order valence-electron chi connectivity index (χ2n) is 6.14. The lowest BCUT2D eigenvalue weighted by Crippen LogP contribution is -2.20. The predicted octanol–water partition coefficient (Wildman–Crippen LogP) is 4.83. The first-order chi connectivity index (χ1) is 13.0. The van der Waals surface area contributed by atoms with Crippen molar-refractivity contribution in [2.24, 2.45) is 0 Å². The molecule has 5 nitrogen and oxygen atoms in total. The first-order valence-electron chi connectivity index (χ1n) is 8.61. The number of rotatable bonds is 6. The van der Waals surface area contributed by atoms with E-state index in [1.54, 1.807) is 42.5 Å². The average Bonchev–Trinajstić information content (AvgIpc) is 2.67. The van der Waals surface area contributed by atoms with E-state index in [-0.39, 0.29) is 18.1 Å². The van der Waals surface area contributed by atoms with Crippen LogP contribution in [0.4, 0.5) is 0 Å². The summed E-state index contributed by atoms with van der Waals surface area (Å²) in [5.74, 6) is -0.0185. The third-order valence-electron chi connectivity index (χ3n) is 4.17. The van der Waals surface area contributed by atoms with Crippen LogP contribution in [0.2, 0.25) is 5.02 Å². The Morgan fingerprint density at radius 1 is 1.19 bits per heavy atom. The predicted molar refractivity (Wildman–Crippen MR) is 104 cm³/mol. The van der Waals surface area contributed by atoms with E-state index < -0.39 is 5.97 Å². The molecule has 2 aromatic carbocycles. The van der Waals surface area contributed by atoms with Gasteiger partial charge in [-0.15, -0.1) is 0 Å². The maximum absolute atomic E-state index is 12.7. The summed E-state index contributed by atoms with van der Waals surface area (Å²) in [6.07, 6.45) is 2.00. The van der Waals surface area contributed by atoms with E-state index in [2.05, 4.69) is 0 Å². The molecule has 1 aromatic heterocycles. The molecule has 140 valence electrons. The molecule has 0 aliphatic carbocycles. The quantitative estimate of drug-likeness (QED) is 0.567. The lowest BCUT2D eigenvalue weighted by Gasteiger charge is -2.11. The van der Waals surface area contributed by atoms with Crippen molar-refractivity contribution in [1.29, 1.82) is 0 Å². The molecule has 0 spiro atoms. The Bertz CT molecular complexity index is 1010. The smallest absolute Gasteiger partial charge is 0.344 e. The molecule has 27 heavy (non-hydrogen) atoms. The van der Waals surface area contributed by atoms with E-state index in [4.69, 9.17) is 25.5 Å². The molecular formula is C21H19ClO5. The van der Waals surface area contributed by atoms with Gasteiger partial charge in [0.2, 0.25) is 0 Å². The summed E-state index contributed by atoms with van der Waals surface area (Å²) in [5.41, 5.74) is 1.40. The molecule has 0 unspecified atom stereocenters. The van der Waals surface area contributed by atoms with Crippen molar-refractivity contribution in [1.82, 2.24) is 0 Å². The van der Waals surface area contributed by atoms with Gasteiger partial charge >= 0.3 is 5.97 Å². The zero-order chi connectivity index (χ0) is 19.4. The van der Waals surface area contributed by atoms with Crippen LogP contribution in [-0.4, -0.2) is 18.7 Å². The van der Waals surface area contributed by atoms with Crippen molar-refractivity contribution in [2.45, 2.75) is 26.4 Å². The Morgan fingerprint density at radius 3 is 2.63 bits per heavy atom. The van der Waals surface area contributed by atoms with Crippen molar-refractivity contribution in [3.8, 4) is 16.9 Å². The summed E-state index contributed by atoms with van der Waals surface area (Å²) in [7, 11) is 0. The number of hydrogen-bond acceptors (Lipinski definition) is 5. The van der Waals surface area contributed by atoms with Crippen molar-refractivity contribution >= 4 is 28.5 Å². The van der Waals surface area contributed by atoms with Gasteiger partial charge in [-0.25, -0.2) is 4.79 Å². The number of carbonyl (C=O) groups excluding carboxylic acids is 1. The van der Waals surface area contributed by atoms with E-state index >= 15 is 0 Å². The van der Waals surface area contributed by atoms with Crippen molar-refractivity contribution in [3.05, 3.63) is 64.0 Å². The second kappa shape index (κ2) is 8.27. The Labute approximate surface area is 161 Å². The first-order valence-corrected chi connectivity index (χ1v) is 8.99. The number of benzene rings is 2. The third-order valence-corrected chi connectivity index (χ3v) is 4.42. The summed E-state index contributed by atoms with van der Waals surface area (Å²) in [4.78, 5) is 24.4. The van der Waals surface area contributed by atoms with E-state index in [9.17, 15) is 9.59 Å². The number of carbonyl (C=O) groups is 1. The minimum Gasteiger partial charge on any atom is -0.482 e. The van der Waals surface area contributed by atoms with Crippen LogP contribution in [0.15, 0.2) is 57.9 Å². The summed E-state index contributed by atoms with van der Waals surface area (Å²) >= 11 is 5.89. The lowest BCUT2D eigenvalue weighted by molar-refractivity contribution is -0.150. The minimum absolute atomic E-state index is 0.151.